The van der Waals surface area contributed by atoms with Gasteiger partial charge in [-0.05, 0) is 36.8 Å². The number of ketones is 1. The van der Waals surface area contributed by atoms with Crippen LogP contribution in [0.15, 0.2) is 41.2 Å². The number of nitrogens with zero attached hydrogens (tertiary/aromatic N) is 2. The van der Waals surface area contributed by atoms with Crippen LogP contribution < -0.4 is 15.2 Å². The number of carbonyl (C=O) groups is 1. The van der Waals surface area contributed by atoms with Gasteiger partial charge in [-0.15, -0.1) is 11.6 Å². The molecule has 2 aromatic carbocycles. The molecular formula is C22H21ClN2O3. The van der Waals surface area contributed by atoms with Crippen molar-refractivity contribution >= 4 is 33.8 Å². The van der Waals surface area contributed by atoms with Crippen molar-refractivity contribution < 1.29 is 9.53 Å². The molecule has 1 aromatic heterocycles. The van der Waals surface area contributed by atoms with Gasteiger partial charge in [-0.2, -0.15) is 0 Å². The summed E-state index contributed by atoms with van der Waals surface area (Å²) in [5, 5.41) is 1.24. The predicted octanol–water partition coefficient (Wildman–Crippen LogP) is 3.92. The third kappa shape index (κ3) is 2.69. The zero-order valence-electron chi connectivity index (χ0n) is 16.1. The zero-order valence-corrected chi connectivity index (χ0v) is 16.8. The second kappa shape index (κ2) is 6.99. The van der Waals surface area contributed by atoms with Gasteiger partial charge in [-0.1, -0.05) is 6.07 Å². The van der Waals surface area contributed by atoms with E-state index in [-0.39, 0.29) is 11.3 Å². The first-order valence-corrected chi connectivity index (χ1v) is 9.68. The van der Waals surface area contributed by atoms with Crippen molar-refractivity contribution in [3.05, 3.63) is 57.9 Å². The Balaban J connectivity index is 2.09. The number of fused-ring (bicyclic) bond motifs is 5. The summed E-state index contributed by atoms with van der Waals surface area (Å²) in [5.74, 6) is 0.986. The van der Waals surface area contributed by atoms with Crippen molar-refractivity contribution in [2.24, 2.45) is 0 Å². The van der Waals surface area contributed by atoms with Crippen LogP contribution >= 0.6 is 11.6 Å². The van der Waals surface area contributed by atoms with Gasteiger partial charge >= 0.3 is 0 Å². The average molecular weight is 397 g/mol. The number of aromatic nitrogens is 1. The SMILES string of the molecule is COc1ccc2c(c1)C(=O)c1c-2n(CCCCl)c(=O)c2cc(N(C)C)ccc12. The maximum atomic E-state index is 13.4. The van der Waals surface area contributed by atoms with Crippen LogP contribution in [0.1, 0.15) is 22.3 Å². The number of rotatable bonds is 5. The van der Waals surface area contributed by atoms with Gasteiger partial charge in [0.05, 0.1) is 23.8 Å². The smallest absolute Gasteiger partial charge is 0.259 e. The van der Waals surface area contributed by atoms with E-state index in [9.17, 15) is 9.59 Å². The Kier molecular flexibility index (Phi) is 4.63. The number of carbonyl (C=O) groups excluding carboxylic acids is 1. The standard InChI is InChI=1S/C22H21ClN2O3/c1-24(2)13-5-7-15-18(11-13)22(27)25(10-4-9-23)20-16-8-6-14(28-3)12-17(16)21(26)19(15)20/h5-8,11-12H,4,9-10H2,1-3H3. The van der Waals surface area contributed by atoms with E-state index in [4.69, 9.17) is 16.3 Å². The Morgan fingerprint density at radius 3 is 2.50 bits per heavy atom. The van der Waals surface area contributed by atoms with E-state index in [0.717, 1.165) is 11.3 Å². The number of alkyl halides is 1. The minimum absolute atomic E-state index is 0.0777. The Morgan fingerprint density at radius 1 is 1.04 bits per heavy atom. The highest BCUT2D eigenvalue weighted by Gasteiger charge is 2.33. The summed E-state index contributed by atoms with van der Waals surface area (Å²) in [6, 6.07) is 11.1. The molecule has 1 aliphatic carbocycles. The number of anilines is 1. The van der Waals surface area contributed by atoms with Crippen LogP contribution in [0.3, 0.4) is 0 Å². The van der Waals surface area contributed by atoms with E-state index in [1.165, 1.54) is 0 Å². The van der Waals surface area contributed by atoms with Gasteiger partial charge in [0.1, 0.15) is 5.75 Å². The highest BCUT2D eigenvalue weighted by molar-refractivity contribution is 6.27. The van der Waals surface area contributed by atoms with E-state index in [1.54, 1.807) is 17.7 Å². The number of ether oxygens (including phenoxy) is 1. The molecule has 0 amide bonds. The lowest BCUT2D eigenvalue weighted by molar-refractivity contribution is 0.104. The van der Waals surface area contributed by atoms with Crippen LogP contribution in [0.4, 0.5) is 5.69 Å². The molecule has 0 fully saturated rings. The fourth-order valence-corrected chi connectivity index (χ4v) is 3.95. The largest absolute Gasteiger partial charge is 0.497 e. The van der Waals surface area contributed by atoms with Crippen LogP contribution in [0.25, 0.3) is 22.0 Å². The molecule has 0 spiro atoms. The van der Waals surface area contributed by atoms with Crippen molar-refractivity contribution in [2.45, 2.75) is 13.0 Å². The van der Waals surface area contributed by atoms with E-state index < -0.39 is 0 Å². The van der Waals surface area contributed by atoms with Crippen molar-refractivity contribution in [2.75, 3.05) is 32.0 Å². The summed E-state index contributed by atoms with van der Waals surface area (Å²) in [7, 11) is 5.42. The number of halogens is 1. The fraction of sp³-hybridized carbons (Fsp3) is 0.273. The summed E-state index contributed by atoms with van der Waals surface area (Å²) < 4.78 is 7.00. The predicted molar refractivity (Wildman–Crippen MR) is 113 cm³/mol. The van der Waals surface area contributed by atoms with Gasteiger partial charge in [0.2, 0.25) is 0 Å². The summed E-state index contributed by atoms with van der Waals surface area (Å²) in [6.07, 6.45) is 0.645. The second-order valence-corrected chi connectivity index (χ2v) is 7.47. The Hall–Kier alpha value is -2.79. The van der Waals surface area contributed by atoms with Crippen molar-refractivity contribution in [3.8, 4) is 17.0 Å². The Morgan fingerprint density at radius 2 is 1.82 bits per heavy atom. The molecule has 1 aliphatic rings. The molecule has 1 heterocycles. The first-order chi connectivity index (χ1) is 13.5. The van der Waals surface area contributed by atoms with Crippen molar-refractivity contribution in [1.29, 1.82) is 0 Å². The molecule has 0 N–H and O–H groups in total. The molecule has 5 nitrogen and oxygen atoms in total. The van der Waals surface area contributed by atoms with Crippen LogP contribution in [-0.2, 0) is 6.54 Å². The molecule has 3 aromatic rings. The van der Waals surface area contributed by atoms with Gasteiger partial charge in [0.15, 0.2) is 5.78 Å². The molecule has 0 saturated heterocycles. The first-order valence-electron chi connectivity index (χ1n) is 9.15. The zero-order chi connectivity index (χ0) is 20.0. The molecule has 144 valence electrons. The number of hydrogen-bond donors (Lipinski definition) is 0. The molecule has 0 saturated carbocycles. The first kappa shape index (κ1) is 18.6. The molecule has 6 heteroatoms. The summed E-state index contributed by atoms with van der Waals surface area (Å²) in [4.78, 5) is 28.6. The Labute approximate surface area is 168 Å². The lowest BCUT2D eigenvalue weighted by Crippen LogP contribution is -2.24. The lowest BCUT2D eigenvalue weighted by Gasteiger charge is -2.17. The topological polar surface area (TPSA) is 51.5 Å². The van der Waals surface area contributed by atoms with Gasteiger partial charge in [0.25, 0.3) is 5.56 Å². The van der Waals surface area contributed by atoms with Crippen molar-refractivity contribution in [1.82, 2.24) is 4.57 Å². The normalized spacial score (nSPS) is 12.2. The number of hydrogen-bond acceptors (Lipinski definition) is 4. The van der Waals surface area contributed by atoms with Crippen LogP contribution in [0.2, 0.25) is 0 Å². The van der Waals surface area contributed by atoms with Gasteiger partial charge in [-0.25, -0.2) is 0 Å². The van der Waals surface area contributed by atoms with E-state index in [0.29, 0.717) is 52.2 Å². The molecule has 0 aliphatic heterocycles. The van der Waals surface area contributed by atoms with Crippen LogP contribution in [0, 0.1) is 0 Å². The van der Waals surface area contributed by atoms with Gasteiger partial charge in [-0.3, -0.25) is 9.59 Å². The average Bonchev–Trinajstić information content (AvgIpc) is 2.99. The van der Waals surface area contributed by atoms with Crippen LogP contribution in [-0.4, -0.2) is 37.4 Å². The van der Waals surface area contributed by atoms with E-state index >= 15 is 0 Å². The van der Waals surface area contributed by atoms with E-state index in [1.807, 2.05) is 49.3 Å². The van der Waals surface area contributed by atoms with Gasteiger partial charge in [0, 0.05) is 48.7 Å². The molecule has 0 radical (unpaired) electrons. The molecule has 0 unspecified atom stereocenters. The van der Waals surface area contributed by atoms with Crippen LogP contribution in [0.5, 0.6) is 5.75 Å². The Bertz CT molecular complexity index is 1160. The number of pyridine rings is 1. The molecule has 4 rings (SSSR count). The molecule has 0 bridgehead atoms. The molecular weight excluding hydrogens is 376 g/mol. The summed E-state index contributed by atoms with van der Waals surface area (Å²) in [6.45, 7) is 0.464. The quantitative estimate of drug-likeness (QED) is 0.480. The number of benzene rings is 2. The summed E-state index contributed by atoms with van der Waals surface area (Å²) in [5.41, 5.74) is 3.42. The maximum absolute atomic E-state index is 13.4. The fourth-order valence-electron chi connectivity index (χ4n) is 3.84. The van der Waals surface area contributed by atoms with Crippen molar-refractivity contribution in [3.63, 3.8) is 0 Å². The molecule has 28 heavy (non-hydrogen) atoms. The third-order valence-corrected chi connectivity index (χ3v) is 5.51. The van der Waals surface area contributed by atoms with Gasteiger partial charge < -0.3 is 14.2 Å². The highest BCUT2D eigenvalue weighted by Crippen LogP contribution is 2.41. The minimum Gasteiger partial charge on any atom is -0.497 e. The third-order valence-electron chi connectivity index (χ3n) is 5.24. The lowest BCUT2D eigenvalue weighted by atomic mass is 10.0. The van der Waals surface area contributed by atoms with E-state index in [2.05, 4.69) is 0 Å². The summed E-state index contributed by atoms with van der Waals surface area (Å²) >= 11 is 5.90. The molecule has 0 atom stereocenters. The maximum Gasteiger partial charge on any atom is 0.259 e. The monoisotopic (exact) mass is 396 g/mol. The second-order valence-electron chi connectivity index (χ2n) is 7.09. The number of methoxy groups -OCH3 is 1. The highest BCUT2D eigenvalue weighted by atomic mass is 35.5. The minimum atomic E-state index is -0.0981.